The predicted molar refractivity (Wildman–Crippen MR) is 52.8 cm³/mol. The maximum Gasteiger partial charge on any atom is 0.127 e. The van der Waals surface area contributed by atoms with Crippen molar-refractivity contribution in [2.75, 3.05) is 0 Å². The van der Waals surface area contributed by atoms with Crippen LogP contribution in [-0.2, 0) is 11.2 Å². The van der Waals surface area contributed by atoms with E-state index in [1.165, 1.54) is 24.0 Å². The first-order valence-corrected chi connectivity index (χ1v) is 4.95. The molecule has 0 aliphatic heterocycles. The maximum absolute atomic E-state index is 10.9. The van der Waals surface area contributed by atoms with Crippen molar-refractivity contribution in [3.05, 3.63) is 35.4 Å². The van der Waals surface area contributed by atoms with E-state index in [-0.39, 0.29) is 5.92 Å². The molecule has 13 heavy (non-hydrogen) atoms. The van der Waals surface area contributed by atoms with Crippen LogP contribution in [0.5, 0.6) is 0 Å². The minimum Gasteiger partial charge on any atom is -0.303 e. The van der Waals surface area contributed by atoms with E-state index in [2.05, 4.69) is 18.2 Å². The number of fused-ring (bicyclic) bond motifs is 1. The van der Waals surface area contributed by atoms with Crippen LogP contribution in [0.3, 0.4) is 0 Å². The Kier molecular flexibility index (Phi) is 2.44. The molecule has 0 amide bonds. The van der Waals surface area contributed by atoms with Gasteiger partial charge in [-0.3, -0.25) is 0 Å². The number of benzene rings is 1. The summed E-state index contributed by atoms with van der Waals surface area (Å²) in [6.07, 6.45) is 5.67. The van der Waals surface area contributed by atoms with Gasteiger partial charge in [-0.15, -0.1) is 0 Å². The Morgan fingerprint density at radius 1 is 1.23 bits per heavy atom. The topological polar surface area (TPSA) is 17.1 Å². The third-order valence-electron chi connectivity index (χ3n) is 2.83. The highest BCUT2D eigenvalue weighted by Gasteiger charge is 2.16. The molecule has 0 spiro atoms. The molecule has 1 aromatic carbocycles. The van der Waals surface area contributed by atoms with Crippen molar-refractivity contribution in [3.8, 4) is 0 Å². The highest BCUT2D eigenvalue weighted by atomic mass is 16.1. The molecule has 0 aromatic heterocycles. The second-order valence-corrected chi connectivity index (χ2v) is 3.69. The van der Waals surface area contributed by atoms with Crippen molar-refractivity contribution in [2.24, 2.45) is 0 Å². The monoisotopic (exact) mass is 174 g/mol. The zero-order valence-electron chi connectivity index (χ0n) is 7.70. The third kappa shape index (κ3) is 1.64. The van der Waals surface area contributed by atoms with Crippen LogP contribution in [0.2, 0.25) is 0 Å². The number of hydrogen-bond acceptors (Lipinski definition) is 1. The van der Waals surface area contributed by atoms with Crippen LogP contribution in [0.1, 0.15) is 36.3 Å². The Hall–Kier alpha value is -1.11. The molecule has 2 rings (SSSR count). The van der Waals surface area contributed by atoms with Gasteiger partial charge < -0.3 is 4.79 Å². The lowest BCUT2D eigenvalue weighted by Crippen LogP contribution is -2.00. The summed E-state index contributed by atoms with van der Waals surface area (Å²) >= 11 is 0. The van der Waals surface area contributed by atoms with Gasteiger partial charge in [0.2, 0.25) is 0 Å². The molecule has 68 valence electrons. The first-order chi connectivity index (χ1) is 6.42. The molecule has 1 atom stereocenters. The summed E-state index contributed by atoms with van der Waals surface area (Å²) in [5.41, 5.74) is 2.63. The Morgan fingerprint density at radius 3 is 2.92 bits per heavy atom. The van der Waals surface area contributed by atoms with E-state index in [1.54, 1.807) is 0 Å². The van der Waals surface area contributed by atoms with Crippen molar-refractivity contribution in [3.63, 3.8) is 0 Å². The lowest BCUT2D eigenvalue weighted by atomic mass is 9.94. The predicted octanol–water partition coefficient (Wildman–Crippen LogP) is 2.70. The first kappa shape index (κ1) is 8.49. The van der Waals surface area contributed by atoms with Gasteiger partial charge >= 0.3 is 0 Å². The van der Waals surface area contributed by atoms with E-state index in [1.807, 2.05) is 6.07 Å². The number of rotatable bonds is 1. The third-order valence-corrected chi connectivity index (χ3v) is 2.83. The molecule has 1 nitrogen and oxygen atoms in total. The van der Waals surface area contributed by atoms with E-state index >= 15 is 0 Å². The smallest absolute Gasteiger partial charge is 0.127 e. The standard InChI is InChI=1S/C12H14O/c13-9-11-7-2-1-5-10-6-3-4-8-12(10)11/h3-4,6,8-9,11H,1-2,5,7H2/t11-/m0/s1. The largest absolute Gasteiger partial charge is 0.303 e. The molecule has 0 N–H and O–H groups in total. The van der Waals surface area contributed by atoms with Gasteiger partial charge in [-0.05, 0) is 30.4 Å². The second-order valence-electron chi connectivity index (χ2n) is 3.69. The van der Waals surface area contributed by atoms with Crippen molar-refractivity contribution < 1.29 is 4.79 Å². The second kappa shape index (κ2) is 3.73. The fourth-order valence-corrected chi connectivity index (χ4v) is 2.10. The van der Waals surface area contributed by atoms with Crippen LogP contribution in [0.15, 0.2) is 24.3 Å². The van der Waals surface area contributed by atoms with Crippen molar-refractivity contribution >= 4 is 6.29 Å². The van der Waals surface area contributed by atoms with Crippen molar-refractivity contribution in [2.45, 2.75) is 31.6 Å². The van der Waals surface area contributed by atoms with Crippen LogP contribution < -0.4 is 0 Å². The summed E-state index contributed by atoms with van der Waals surface area (Å²) in [4.78, 5) is 10.9. The van der Waals surface area contributed by atoms with E-state index in [4.69, 9.17) is 0 Å². The molecule has 1 aliphatic carbocycles. The Balaban J connectivity index is 2.41. The van der Waals surface area contributed by atoms with Crippen LogP contribution in [0, 0.1) is 0 Å². The molecular formula is C12H14O. The highest BCUT2D eigenvalue weighted by Crippen LogP contribution is 2.28. The van der Waals surface area contributed by atoms with Gasteiger partial charge in [-0.1, -0.05) is 30.7 Å². The zero-order chi connectivity index (χ0) is 9.10. The number of hydrogen-bond donors (Lipinski definition) is 0. The van der Waals surface area contributed by atoms with E-state index < -0.39 is 0 Å². The molecule has 1 heteroatoms. The summed E-state index contributed by atoms with van der Waals surface area (Å²) in [7, 11) is 0. The van der Waals surface area contributed by atoms with Gasteiger partial charge in [0.05, 0.1) is 0 Å². The van der Waals surface area contributed by atoms with E-state index in [0.717, 1.165) is 19.1 Å². The lowest BCUT2D eigenvalue weighted by Gasteiger charge is -2.09. The fraction of sp³-hybridized carbons (Fsp3) is 0.417. The number of carbonyl (C=O) groups excluding carboxylic acids is 1. The average Bonchev–Trinajstić information content (AvgIpc) is 2.39. The number of carbonyl (C=O) groups is 1. The summed E-state index contributed by atoms with van der Waals surface area (Å²) in [6.45, 7) is 0. The van der Waals surface area contributed by atoms with Crippen LogP contribution in [0.25, 0.3) is 0 Å². The van der Waals surface area contributed by atoms with Gasteiger partial charge in [0.1, 0.15) is 6.29 Å². The molecule has 0 unspecified atom stereocenters. The summed E-state index contributed by atoms with van der Waals surface area (Å²) < 4.78 is 0. The van der Waals surface area contributed by atoms with Crippen molar-refractivity contribution in [1.29, 1.82) is 0 Å². The average molecular weight is 174 g/mol. The normalized spacial score (nSPS) is 21.7. The molecule has 0 radical (unpaired) electrons. The number of aldehydes is 1. The molecule has 1 aliphatic rings. The fourth-order valence-electron chi connectivity index (χ4n) is 2.10. The molecule has 1 aromatic rings. The summed E-state index contributed by atoms with van der Waals surface area (Å²) in [5.74, 6) is 0.152. The van der Waals surface area contributed by atoms with Gasteiger partial charge in [-0.2, -0.15) is 0 Å². The Labute approximate surface area is 78.8 Å². The maximum atomic E-state index is 10.9. The van der Waals surface area contributed by atoms with Gasteiger partial charge in [0.15, 0.2) is 0 Å². The quantitative estimate of drug-likeness (QED) is 0.472. The Morgan fingerprint density at radius 2 is 2.08 bits per heavy atom. The van der Waals surface area contributed by atoms with E-state index in [9.17, 15) is 4.79 Å². The van der Waals surface area contributed by atoms with Gasteiger partial charge in [0, 0.05) is 5.92 Å². The van der Waals surface area contributed by atoms with Crippen LogP contribution in [0.4, 0.5) is 0 Å². The summed E-state index contributed by atoms with van der Waals surface area (Å²) in [6, 6.07) is 8.34. The van der Waals surface area contributed by atoms with Gasteiger partial charge in [-0.25, -0.2) is 0 Å². The van der Waals surface area contributed by atoms with E-state index in [0.29, 0.717) is 0 Å². The zero-order valence-corrected chi connectivity index (χ0v) is 7.70. The first-order valence-electron chi connectivity index (χ1n) is 4.95. The minimum absolute atomic E-state index is 0.152. The molecule has 0 fully saturated rings. The minimum atomic E-state index is 0.152. The molecular weight excluding hydrogens is 160 g/mol. The Bertz CT molecular complexity index is 304. The molecule has 0 saturated carbocycles. The van der Waals surface area contributed by atoms with Crippen LogP contribution >= 0.6 is 0 Å². The SMILES string of the molecule is O=C[C@@H]1CCCCc2ccccc21. The highest BCUT2D eigenvalue weighted by molar-refractivity contribution is 5.63. The molecule has 0 heterocycles. The van der Waals surface area contributed by atoms with Crippen molar-refractivity contribution in [1.82, 2.24) is 0 Å². The molecule has 0 bridgehead atoms. The lowest BCUT2D eigenvalue weighted by molar-refractivity contribution is -0.109. The number of aryl methyl sites for hydroxylation is 1. The molecule has 0 saturated heterocycles. The van der Waals surface area contributed by atoms with Gasteiger partial charge in [0.25, 0.3) is 0 Å². The summed E-state index contributed by atoms with van der Waals surface area (Å²) in [5, 5.41) is 0. The van der Waals surface area contributed by atoms with Crippen LogP contribution in [-0.4, -0.2) is 6.29 Å².